The number of rotatable bonds is 3. The fourth-order valence-corrected chi connectivity index (χ4v) is 3.24. The summed E-state index contributed by atoms with van der Waals surface area (Å²) in [4.78, 5) is 12.3. The van der Waals surface area contributed by atoms with Gasteiger partial charge in [-0.05, 0) is 19.3 Å². The van der Waals surface area contributed by atoms with Crippen molar-refractivity contribution in [1.29, 1.82) is 0 Å². The number of halogens is 1. The number of amides is 1. The van der Waals surface area contributed by atoms with Gasteiger partial charge in [-0.15, -0.1) is 12.4 Å². The monoisotopic (exact) mass is 290 g/mol. The van der Waals surface area contributed by atoms with Crippen LogP contribution in [0.15, 0.2) is 0 Å². The summed E-state index contributed by atoms with van der Waals surface area (Å²) >= 11 is 0. The van der Waals surface area contributed by atoms with Gasteiger partial charge in [-0.2, -0.15) is 0 Å². The van der Waals surface area contributed by atoms with Gasteiger partial charge in [0.15, 0.2) is 0 Å². The first-order valence-corrected chi connectivity index (χ1v) is 7.03. The molecule has 0 bridgehead atoms. The van der Waals surface area contributed by atoms with E-state index in [1.165, 1.54) is 6.42 Å². The Bertz CT molecular complexity index is 327. The van der Waals surface area contributed by atoms with Crippen molar-refractivity contribution in [2.45, 2.75) is 70.1 Å². The van der Waals surface area contributed by atoms with Crippen LogP contribution in [-0.4, -0.2) is 30.7 Å². The number of carbonyl (C=O) groups excluding carboxylic acids is 1. The molecular formula is C14H27ClN2O2. The van der Waals surface area contributed by atoms with E-state index in [9.17, 15) is 4.79 Å². The van der Waals surface area contributed by atoms with E-state index in [0.717, 1.165) is 32.1 Å². The van der Waals surface area contributed by atoms with E-state index in [1.807, 2.05) is 0 Å². The molecule has 0 aromatic heterocycles. The summed E-state index contributed by atoms with van der Waals surface area (Å²) in [5.41, 5.74) is 5.62. The van der Waals surface area contributed by atoms with Crippen molar-refractivity contribution in [3.05, 3.63) is 0 Å². The summed E-state index contributed by atoms with van der Waals surface area (Å²) in [5, 5.41) is 3.14. The average molecular weight is 291 g/mol. The van der Waals surface area contributed by atoms with E-state index < -0.39 is 5.54 Å². The topological polar surface area (TPSA) is 64.3 Å². The summed E-state index contributed by atoms with van der Waals surface area (Å²) in [6.45, 7) is 4.28. The molecule has 112 valence electrons. The third kappa shape index (κ3) is 3.06. The lowest BCUT2D eigenvalue weighted by atomic mass is 9.64. The minimum absolute atomic E-state index is 0. The molecule has 3 N–H and O–H groups in total. The van der Waals surface area contributed by atoms with Crippen molar-refractivity contribution in [2.75, 3.05) is 7.11 Å². The molecule has 2 atom stereocenters. The van der Waals surface area contributed by atoms with Crippen LogP contribution in [0.2, 0.25) is 0 Å². The van der Waals surface area contributed by atoms with E-state index in [1.54, 1.807) is 7.11 Å². The summed E-state index contributed by atoms with van der Waals surface area (Å²) in [6.07, 6.45) is 6.11. The first-order chi connectivity index (χ1) is 8.40. The minimum atomic E-state index is -0.632. The van der Waals surface area contributed by atoms with Crippen molar-refractivity contribution in [3.8, 4) is 0 Å². The number of nitrogens with two attached hydrogens (primary N) is 1. The molecule has 19 heavy (non-hydrogen) atoms. The van der Waals surface area contributed by atoms with Gasteiger partial charge in [0.05, 0.1) is 11.6 Å². The molecule has 2 rings (SSSR count). The van der Waals surface area contributed by atoms with Crippen molar-refractivity contribution in [1.82, 2.24) is 5.32 Å². The highest BCUT2D eigenvalue weighted by Gasteiger charge is 2.50. The largest absolute Gasteiger partial charge is 0.381 e. The lowest BCUT2D eigenvalue weighted by molar-refractivity contribution is -0.138. The Morgan fingerprint density at radius 2 is 1.84 bits per heavy atom. The van der Waals surface area contributed by atoms with E-state index in [-0.39, 0.29) is 35.9 Å². The maximum absolute atomic E-state index is 12.3. The maximum atomic E-state index is 12.3. The second kappa shape index (κ2) is 5.98. The fraction of sp³-hybridized carbons (Fsp3) is 0.929. The Morgan fingerprint density at radius 1 is 1.26 bits per heavy atom. The Hall–Kier alpha value is -0.320. The van der Waals surface area contributed by atoms with Crippen LogP contribution in [-0.2, 0) is 9.53 Å². The van der Waals surface area contributed by atoms with Crippen LogP contribution < -0.4 is 11.1 Å². The zero-order valence-corrected chi connectivity index (χ0v) is 13.0. The van der Waals surface area contributed by atoms with Crippen molar-refractivity contribution >= 4 is 18.3 Å². The molecule has 0 aromatic rings. The van der Waals surface area contributed by atoms with E-state index >= 15 is 0 Å². The number of carbonyl (C=O) groups is 1. The van der Waals surface area contributed by atoms with Gasteiger partial charge in [0.1, 0.15) is 0 Å². The first-order valence-electron chi connectivity index (χ1n) is 7.03. The van der Waals surface area contributed by atoms with Gasteiger partial charge in [-0.25, -0.2) is 0 Å². The number of nitrogens with one attached hydrogen (secondary N) is 1. The van der Waals surface area contributed by atoms with Crippen molar-refractivity contribution in [3.63, 3.8) is 0 Å². The summed E-state index contributed by atoms with van der Waals surface area (Å²) in [5.74, 6) is 0.0369. The first kappa shape index (κ1) is 16.7. The molecule has 0 saturated heterocycles. The predicted molar refractivity (Wildman–Crippen MR) is 78.4 cm³/mol. The zero-order valence-electron chi connectivity index (χ0n) is 12.2. The molecule has 2 aliphatic carbocycles. The highest BCUT2D eigenvalue weighted by atomic mass is 35.5. The smallest absolute Gasteiger partial charge is 0.240 e. The molecule has 2 saturated carbocycles. The Balaban J connectivity index is 0.00000180. The minimum Gasteiger partial charge on any atom is -0.381 e. The van der Waals surface area contributed by atoms with Crippen LogP contribution in [0.25, 0.3) is 0 Å². The van der Waals surface area contributed by atoms with E-state index in [4.69, 9.17) is 10.5 Å². The fourth-order valence-electron chi connectivity index (χ4n) is 3.24. The predicted octanol–water partition coefficient (Wildman–Crippen LogP) is 2.00. The quantitative estimate of drug-likeness (QED) is 0.835. The van der Waals surface area contributed by atoms with Crippen LogP contribution in [0, 0.1) is 5.41 Å². The van der Waals surface area contributed by atoms with Crippen LogP contribution in [0.3, 0.4) is 0 Å². The third-order valence-corrected chi connectivity index (χ3v) is 4.97. The summed E-state index contributed by atoms with van der Waals surface area (Å²) in [6, 6.07) is 0.192. The van der Waals surface area contributed by atoms with E-state index in [2.05, 4.69) is 19.2 Å². The molecule has 1 amide bonds. The molecule has 4 nitrogen and oxygen atoms in total. The standard InChI is InChI=1S/C14H26N2O2.ClH/c1-13(2)10(9-11(13)18-3)16-12(17)14(15)7-5-4-6-8-14;/h10-11H,4-9,15H2,1-3H3,(H,16,17);1H. The molecule has 5 heteroatoms. The van der Waals surface area contributed by atoms with Crippen LogP contribution >= 0.6 is 12.4 Å². The highest BCUT2D eigenvalue weighted by molar-refractivity contribution is 5.86. The second-order valence-corrected chi connectivity index (χ2v) is 6.52. The maximum Gasteiger partial charge on any atom is 0.240 e. The Morgan fingerprint density at radius 3 is 2.32 bits per heavy atom. The van der Waals surface area contributed by atoms with Gasteiger partial charge in [0, 0.05) is 18.6 Å². The van der Waals surface area contributed by atoms with Crippen LogP contribution in [0.5, 0.6) is 0 Å². The number of ether oxygens (including phenoxy) is 1. The Labute approximate surface area is 122 Å². The molecule has 0 spiro atoms. The lowest BCUT2D eigenvalue weighted by Crippen LogP contribution is -2.66. The van der Waals surface area contributed by atoms with Gasteiger partial charge < -0.3 is 15.8 Å². The number of hydrogen-bond acceptors (Lipinski definition) is 3. The highest BCUT2D eigenvalue weighted by Crippen LogP contribution is 2.42. The summed E-state index contributed by atoms with van der Waals surface area (Å²) in [7, 11) is 1.73. The lowest BCUT2D eigenvalue weighted by Gasteiger charge is -2.52. The third-order valence-electron chi connectivity index (χ3n) is 4.97. The molecule has 0 radical (unpaired) electrons. The molecule has 0 aliphatic heterocycles. The average Bonchev–Trinajstić information content (AvgIpc) is 2.34. The molecule has 2 aliphatic rings. The molecule has 2 unspecified atom stereocenters. The van der Waals surface area contributed by atoms with Gasteiger partial charge in [0.2, 0.25) is 5.91 Å². The molecule has 0 heterocycles. The van der Waals surface area contributed by atoms with Gasteiger partial charge in [-0.1, -0.05) is 33.1 Å². The molecular weight excluding hydrogens is 264 g/mol. The zero-order chi connectivity index (χ0) is 13.4. The second-order valence-electron chi connectivity index (χ2n) is 6.52. The van der Waals surface area contributed by atoms with Gasteiger partial charge in [-0.3, -0.25) is 4.79 Å². The molecule has 0 aromatic carbocycles. The van der Waals surface area contributed by atoms with E-state index in [0.29, 0.717) is 0 Å². The SMILES string of the molecule is COC1CC(NC(=O)C2(N)CCCCC2)C1(C)C.Cl. The number of methoxy groups -OCH3 is 1. The van der Waals surface area contributed by atoms with Gasteiger partial charge in [0.25, 0.3) is 0 Å². The van der Waals surface area contributed by atoms with Crippen LogP contribution in [0.4, 0.5) is 0 Å². The summed E-state index contributed by atoms with van der Waals surface area (Å²) < 4.78 is 5.40. The van der Waals surface area contributed by atoms with Crippen LogP contribution in [0.1, 0.15) is 52.4 Å². The Kier molecular flexibility index (Phi) is 5.27. The van der Waals surface area contributed by atoms with Crippen molar-refractivity contribution < 1.29 is 9.53 Å². The molecule has 2 fully saturated rings. The normalized spacial score (nSPS) is 31.8. The van der Waals surface area contributed by atoms with Crippen molar-refractivity contribution in [2.24, 2.45) is 11.1 Å². The van der Waals surface area contributed by atoms with Gasteiger partial charge >= 0.3 is 0 Å². The number of hydrogen-bond donors (Lipinski definition) is 2.